The summed E-state index contributed by atoms with van der Waals surface area (Å²) in [4.78, 5) is 30.0. The maximum atomic E-state index is 13.3. The van der Waals surface area contributed by atoms with Crippen LogP contribution in [0, 0.1) is 20.8 Å². The van der Waals surface area contributed by atoms with E-state index in [-0.39, 0.29) is 28.4 Å². The predicted octanol–water partition coefficient (Wildman–Crippen LogP) is 4.45. The lowest BCUT2D eigenvalue weighted by molar-refractivity contribution is -0.116. The molecule has 0 saturated carbocycles. The molecule has 0 spiro atoms. The van der Waals surface area contributed by atoms with Crippen molar-refractivity contribution in [1.82, 2.24) is 9.55 Å². The van der Waals surface area contributed by atoms with E-state index in [0.29, 0.717) is 16.4 Å². The fourth-order valence-electron chi connectivity index (χ4n) is 3.68. The first-order chi connectivity index (χ1) is 16.1. The highest BCUT2D eigenvalue weighted by Gasteiger charge is 2.25. The van der Waals surface area contributed by atoms with Gasteiger partial charge in [0.25, 0.3) is 0 Å². The van der Waals surface area contributed by atoms with Crippen LogP contribution in [0.15, 0.2) is 75.4 Å². The Morgan fingerprint density at radius 2 is 1.74 bits per heavy atom. The average Bonchev–Trinajstić information content (AvgIpc) is 2.77. The number of nitrogens with one attached hydrogen (secondary N) is 1. The molecule has 2 heterocycles. The zero-order valence-corrected chi connectivity index (χ0v) is 20.4. The van der Waals surface area contributed by atoms with E-state index in [0.717, 1.165) is 11.1 Å². The van der Waals surface area contributed by atoms with Gasteiger partial charge in [-0.25, -0.2) is 13.4 Å². The Morgan fingerprint density at radius 3 is 2.41 bits per heavy atom. The van der Waals surface area contributed by atoms with Crippen LogP contribution in [0.5, 0.6) is 0 Å². The summed E-state index contributed by atoms with van der Waals surface area (Å²) in [6.45, 7) is 5.37. The number of amides is 1. The molecule has 2 aromatic carbocycles. The number of benzene rings is 2. The van der Waals surface area contributed by atoms with Crippen LogP contribution in [0.25, 0.3) is 11.0 Å². The van der Waals surface area contributed by atoms with Gasteiger partial charge in [0, 0.05) is 22.6 Å². The number of halogens is 1. The van der Waals surface area contributed by atoms with E-state index in [1.165, 1.54) is 41.1 Å². The van der Waals surface area contributed by atoms with Gasteiger partial charge >= 0.3 is 0 Å². The number of carbonyl (C=O) groups is 1. The minimum atomic E-state index is -4.17. The van der Waals surface area contributed by atoms with E-state index in [4.69, 9.17) is 11.6 Å². The summed E-state index contributed by atoms with van der Waals surface area (Å²) in [7, 11) is -4.17. The van der Waals surface area contributed by atoms with Crippen molar-refractivity contribution in [2.24, 2.45) is 0 Å². The number of carbonyl (C=O) groups excluding carboxylic acids is 1. The van der Waals surface area contributed by atoms with Crippen molar-refractivity contribution in [3.63, 3.8) is 0 Å². The van der Waals surface area contributed by atoms with Crippen molar-refractivity contribution in [2.45, 2.75) is 37.1 Å². The molecule has 4 rings (SSSR count). The topological polar surface area (TPSA) is 98.1 Å². The number of pyridine rings is 2. The molecule has 2 aromatic heterocycles. The molecule has 7 nitrogen and oxygen atoms in total. The molecule has 0 radical (unpaired) electrons. The standard InChI is InChI=1S/C25H22ClN3O4S/c1-15-4-11-21(16(2)12-15)28-23(30)14-29-13-22(24(31)20-10-5-17(3)27-25(20)29)34(32,33)19-8-6-18(26)7-9-19/h4-13H,14H2,1-3H3,(H,28,30). The van der Waals surface area contributed by atoms with Crippen LogP contribution < -0.4 is 10.7 Å². The molecule has 1 amide bonds. The second kappa shape index (κ2) is 9.04. The lowest BCUT2D eigenvalue weighted by Gasteiger charge is -2.15. The lowest BCUT2D eigenvalue weighted by atomic mass is 10.1. The first kappa shape index (κ1) is 23.7. The fourth-order valence-corrected chi connectivity index (χ4v) is 5.18. The van der Waals surface area contributed by atoms with Crippen LogP contribution in [0.4, 0.5) is 5.69 Å². The normalized spacial score (nSPS) is 11.5. The predicted molar refractivity (Wildman–Crippen MR) is 132 cm³/mol. The molecule has 174 valence electrons. The van der Waals surface area contributed by atoms with E-state index >= 15 is 0 Å². The first-order valence-corrected chi connectivity index (χ1v) is 12.3. The fraction of sp³-hybridized carbons (Fsp3) is 0.160. The van der Waals surface area contributed by atoms with Crippen LogP contribution in [0.1, 0.15) is 16.8 Å². The van der Waals surface area contributed by atoms with Gasteiger partial charge in [0.2, 0.25) is 21.2 Å². The summed E-state index contributed by atoms with van der Waals surface area (Å²) in [5.74, 6) is -0.380. The molecule has 0 aliphatic heterocycles. The minimum absolute atomic E-state index is 0.0697. The monoisotopic (exact) mass is 495 g/mol. The average molecular weight is 496 g/mol. The third kappa shape index (κ3) is 4.60. The maximum Gasteiger partial charge on any atom is 0.244 e. The summed E-state index contributed by atoms with van der Waals surface area (Å²) in [5.41, 5.74) is 2.80. The van der Waals surface area contributed by atoms with Crippen molar-refractivity contribution in [3.05, 3.63) is 92.9 Å². The van der Waals surface area contributed by atoms with Crippen molar-refractivity contribution in [2.75, 3.05) is 5.32 Å². The zero-order valence-electron chi connectivity index (χ0n) is 18.8. The number of aryl methyl sites for hydroxylation is 3. The van der Waals surface area contributed by atoms with Gasteiger partial charge in [-0.15, -0.1) is 0 Å². The highest BCUT2D eigenvalue weighted by atomic mass is 35.5. The van der Waals surface area contributed by atoms with Crippen molar-refractivity contribution >= 4 is 44.1 Å². The lowest BCUT2D eigenvalue weighted by Crippen LogP contribution is -2.24. The van der Waals surface area contributed by atoms with E-state index in [9.17, 15) is 18.0 Å². The Labute approximate surface area is 202 Å². The van der Waals surface area contributed by atoms with Crippen LogP contribution in [0.3, 0.4) is 0 Å². The number of aromatic nitrogens is 2. The minimum Gasteiger partial charge on any atom is -0.324 e. The first-order valence-electron chi connectivity index (χ1n) is 10.4. The van der Waals surface area contributed by atoms with Gasteiger partial charge in [0.05, 0.1) is 10.3 Å². The van der Waals surface area contributed by atoms with Crippen LogP contribution in [-0.2, 0) is 21.2 Å². The van der Waals surface area contributed by atoms with Gasteiger partial charge in [0.15, 0.2) is 0 Å². The molecule has 0 bridgehead atoms. The van der Waals surface area contributed by atoms with Crippen molar-refractivity contribution < 1.29 is 13.2 Å². The molecular weight excluding hydrogens is 474 g/mol. The summed E-state index contributed by atoms with van der Waals surface area (Å²) >= 11 is 5.89. The number of fused-ring (bicyclic) bond motifs is 1. The molecule has 0 aliphatic carbocycles. The van der Waals surface area contributed by atoms with E-state index in [2.05, 4.69) is 10.3 Å². The number of sulfone groups is 1. The summed E-state index contributed by atoms with van der Waals surface area (Å²) in [6, 6.07) is 14.4. The van der Waals surface area contributed by atoms with Gasteiger partial charge in [-0.3, -0.25) is 9.59 Å². The molecule has 0 saturated heterocycles. The number of rotatable bonds is 5. The summed E-state index contributed by atoms with van der Waals surface area (Å²) in [5, 5.41) is 3.33. The second-order valence-corrected chi connectivity index (χ2v) is 10.5. The largest absolute Gasteiger partial charge is 0.324 e. The smallest absolute Gasteiger partial charge is 0.244 e. The molecule has 4 aromatic rings. The molecule has 34 heavy (non-hydrogen) atoms. The molecular formula is C25H22ClN3O4S. The number of hydrogen-bond acceptors (Lipinski definition) is 5. The second-order valence-electron chi connectivity index (χ2n) is 8.10. The third-order valence-electron chi connectivity index (χ3n) is 5.41. The number of anilines is 1. The molecule has 9 heteroatoms. The van der Waals surface area contributed by atoms with Crippen LogP contribution in [0.2, 0.25) is 5.02 Å². The number of nitrogens with zero attached hydrogens (tertiary/aromatic N) is 2. The van der Waals surface area contributed by atoms with E-state index in [1.807, 2.05) is 32.0 Å². The van der Waals surface area contributed by atoms with Crippen LogP contribution >= 0.6 is 11.6 Å². The van der Waals surface area contributed by atoms with Crippen molar-refractivity contribution in [1.29, 1.82) is 0 Å². The summed E-state index contributed by atoms with van der Waals surface area (Å²) < 4.78 is 28.0. The van der Waals surface area contributed by atoms with Gasteiger partial charge in [-0.05, 0) is 68.8 Å². The third-order valence-corrected chi connectivity index (χ3v) is 7.43. The molecule has 1 N–H and O–H groups in total. The SMILES string of the molecule is Cc1ccc(NC(=O)Cn2cc(S(=O)(=O)c3ccc(Cl)cc3)c(=O)c3ccc(C)nc32)c(C)c1. The van der Waals surface area contributed by atoms with Crippen molar-refractivity contribution in [3.8, 4) is 0 Å². The molecule has 0 fully saturated rings. The zero-order chi connectivity index (χ0) is 24.6. The summed E-state index contributed by atoms with van der Waals surface area (Å²) in [6.07, 6.45) is 1.18. The van der Waals surface area contributed by atoms with Gasteiger partial charge in [-0.1, -0.05) is 29.3 Å². The van der Waals surface area contributed by atoms with Crippen LogP contribution in [-0.4, -0.2) is 23.9 Å². The Kier molecular flexibility index (Phi) is 6.29. The Bertz CT molecular complexity index is 1590. The number of hydrogen-bond donors (Lipinski definition) is 1. The highest BCUT2D eigenvalue weighted by molar-refractivity contribution is 7.91. The molecule has 0 unspecified atom stereocenters. The van der Waals surface area contributed by atoms with E-state index in [1.54, 1.807) is 13.0 Å². The van der Waals surface area contributed by atoms with Gasteiger partial charge in [0.1, 0.15) is 17.1 Å². The van der Waals surface area contributed by atoms with Gasteiger partial charge in [-0.2, -0.15) is 0 Å². The Morgan fingerprint density at radius 1 is 1.03 bits per heavy atom. The highest BCUT2D eigenvalue weighted by Crippen LogP contribution is 2.23. The molecule has 0 atom stereocenters. The maximum absolute atomic E-state index is 13.3. The van der Waals surface area contributed by atoms with E-state index < -0.39 is 20.2 Å². The quantitative estimate of drug-likeness (QED) is 0.441. The Hall–Kier alpha value is -3.49. The Balaban J connectivity index is 1.82. The molecule has 0 aliphatic rings. The van der Waals surface area contributed by atoms with Gasteiger partial charge < -0.3 is 9.88 Å².